The molecule has 22 heteroatoms. The Morgan fingerprint density at radius 1 is 0.780 bits per heavy atom. The van der Waals surface area contributed by atoms with Crippen LogP contribution in [0.1, 0.15) is 94.5 Å². The molecule has 20 nitrogen and oxygen atoms in total. The molecule has 0 N–H and O–H groups in total. The molecule has 328 valence electrons. The number of phosphoric ester groups is 2. The minimum Gasteiger partial charge on any atom is -0.437 e. The SMILES string of the molecule is CC(C)(C)C(=O)OCOP(=O)(OCOC(=O)C(C)(C)C)OP(=O)(OCOC(=O)C(C)(C)C)OC[C@H]1O[C@@H](n2ccc(=O)n(Cc3noc4ccccc34)c2=O)CC1(C)C. The molecule has 0 amide bonds. The number of ether oxygens (including phenoxy) is 4. The molecule has 0 bridgehead atoms. The van der Waals surface area contributed by atoms with E-state index in [4.69, 9.17) is 45.9 Å². The van der Waals surface area contributed by atoms with Crippen molar-refractivity contribution in [3.8, 4) is 0 Å². The van der Waals surface area contributed by atoms with Crippen LogP contribution >= 0.6 is 15.6 Å². The molecule has 1 fully saturated rings. The van der Waals surface area contributed by atoms with Gasteiger partial charge in [0.2, 0.25) is 20.4 Å². The zero-order chi connectivity index (χ0) is 44.2. The molecule has 59 heavy (non-hydrogen) atoms. The van der Waals surface area contributed by atoms with Crippen molar-refractivity contribution < 1.29 is 69.4 Å². The van der Waals surface area contributed by atoms with E-state index in [0.717, 1.165) is 4.57 Å². The van der Waals surface area contributed by atoms with E-state index in [1.54, 1.807) is 100 Å². The lowest BCUT2D eigenvalue weighted by atomic mass is 9.85. The Morgan fingerprint density at radius 2 is 1.27 bits per heavy atom. The van der Waals surface area contributed by atoms with Crippen LogP contribution in [-0.2, 0) is 71.4 Å². The first-order valence-corrected chi connectivity index (χ1v) is 21.4. The third-order valence-corrected chi connectivity index (χ3v) is 12.0. The fraction of sp³-hybridized carbons (Fsp3) is 0.622. The summed E-state index contributed by atoms with van der Waals surface area (Å²) in [5, 5.41) is 4.66. The number of carbonyl (C=O) groups excluding carboxylic acids is 3. The van der Waals surface area contributed by atoms with Crippen LogP contribution in [0.3, 0.4) is 0 Å². The minimum absolute atomic E-state index is 0.185. The lowest BCUT2D eigenvalue weighted by Gasteiger charge is -2.28. The summed E-state index contributed by atoms with van der Waals surface area (Å²) in [6, 6.07) is 8.19. The first kappa shape index (κ1) is 47.7. The first-order chi connectivity index (χ1) is 27.1. The third-order valence-electron chi connectivity index (χ3n) is 8.68. The second-order valence-electron chi connectivity index (χ2n) is 17.4. The van der Waals surface area contributed by atoms with Crippen molar-refractivity contribution in [3.05, 3.63) is 63.1 Å². The van der Waals surface area contributed by atoms with Gasteiger partial charge in [-0.15, -0.1) is 0 Å². The summed E-state index contributed by atoms with van der Waals surface area (Å²) in [5.74, 6) is -2.32. The maximum absolute atomic E-state index is 14.3. The number of benzene rings is 1. The average Bonchev–Trinajstić information content (AvgIpc) is 3.66. The van der Waals surface area contributed by atoms with Crippen molar-refractivity contribution in [3.63, 3.8) is 0 Å². The predicted molar refractivity (Wildman–Crippen MR) is 207 cm³/mol. The zero-order valence-electron chi connectivity index (χ0n) is 35.0. The second-order valence-corrected chi connectivity index (χ2v) is 20.9. The molecule has 3 atom stereocenters. The molecule has 1 aliphatic rings. The van der Waals surface area contributed by atoms with E-state index in [1.165, 1.54) is 16.8 Å². The molecule has 3 heterocycles. The van der Waals surface area contributed by atoms with E-state index in [9.17, 15) is 33.1 Å². The number of hydrogen-bond acceptors (Lipinski definition) is 18. The number of para-hydroxylation sites is 1. The summed E-state index contributed by atoms with van der Waals surface area (Å²) in [6.45, 7) is 13.6. The highest BCUT2D eigenvalue weighted by Crippen LogP contribution is 2.66. The number of fused-ring (bicyclic) bond motifs is 1. The van der Waals surface area contributed by atoms with E-state index >= 15 is 0 Å². The number of phosphoric acid groups is 2. The molecular weight excluding hydrogens is 820 g/mol. The summed E-state index contributed by atoms with van der Waals surface area (Å²) in [5.41, 5.74) is -4.29. The van der Waals surface area contributed by atoms with Gasteiger partial charge in [0, 0.05) is 24.1 Å². The van der Waals surface area contributed by atoms with E-state index in [1.807, 2.05) is 0 Å². The minimum atomic E-state index is -5.20. The average molecular weight is 874 g/mol. The van der Waals surface area contributed by atoms with Crippen molar-refractivity contribution in [2.75, 3.05) is 27.0 Å². The predicted octanol–water partition coefficient (Wildman–Crippen LogP) is 6.45. The van der Waals surface area contributed by atoms with E-state index < -0.39 is 106 Å². The number of hydrogen-bond donors (Lipinski definition) is 0. The molecule has 3 aromatic rings. The van der Waals surface area contributed by atoms with Crippen LogP contribution in [0.2, 0.25) is 0 Å². The van der Waals surface area contributed by atoms with Gasteiger partial charge in [-0.05, 0) is 79.9 Å². The van der Waals surface area contributed by atoms with E-state index in [-0.39, 0.29) is 13.0 Å². The van der Waals surface area contributed by atoms with Gasteiger partial charge in [0.05, 0.1) is 35.5 Å². The number of nitrogens with zero attached hydrogens (tertiary/aromatic N) is 3. The molecule has 0 spiro atoms. The fourth-order valence-corrected chi connectivity index (χ4v) is 7.81. The number of carbonyl (C=O) groups is 3. The Bertz CT molecular complexity index is 2170. The summed E-state index contributed by atoms with van der Waals surface area (Å²) in [4.78, 5) is 63.9. The van der Waals surface area contributed by atoms with Crippen molar-refractivity contribution in [2.24, 2.45) is 21.7 Å². The number of esters is 3. The third kappa shape index (κ3) is 12.8. The monoisotopic (exact) mass is 873 g/mol. The maximum Gasteiger partial charge on any atom is 0.489 e. The Kier molecular flexibility index (Phi) is 14.8. The van der Waals surface area contributed by atoms with Gasteiger partial charge < -0.3 is 23.5 Å². The largest absolute Gasteiger partial charge is 0.489 e. The Balaban J connectivity index is 1.58. The molecule has 1 aromatic carbocycles. The van der Waals surface area contributed by atoms with Crippen LogP contribution in [0.25, 0.3) is 11.0 Å². The summed E-state index contributed by atoms with van der Waals surface area (Å²) in [6.07, 6.45) is -0.465. The van der Waals surface area contributed by atoms with Gasteiger partial charge >= 0.3 is 39.2 Å². The smallest absolute Gasteiger partial charge is 0.437 e. The molecule has 1 unspecified atom stereocenters. The van der Waals surface area contributed by atoms with Crippen molar-refractivity contribution in [1.29, 1.82) is 0 Å². The van der Waals surface area contributed by atoms with Crippen LogP contribution < -0.4 is 11.2 Å². The van der Waals surface area contributed by atoms with E-state index in [2.05, 4.69) is 5.16 Å². The van der Waals surface area contributed by atoms with Gasteiger partial charge in [-0.25, -0.2) is 27.5 Å². The molecule has 1 aliphatic heterocycles. The first-order valence-electron chi connectivity index (χ1n) is 18.5. The second kappa shape index (κ2) is 18.3. The van der Waals surface area contributed by atoms with Crippen molar-refractivity contribution in [2.45, 2.75) is 101 Å². The topological polar surface area (TPSA) is 238 Å². The molecule has 0 radical (unpaired) electrons. The van der Waals surface area contributed by atoms with Gasteiger partial charge in [-0.1, -0.05) is 31.1 Å². The number of rotatable bonds is 17. The van der Waals surface area contributed by atoms with Crippen LogP contribution in [0.4, 0.5) is 0 Å². The Hall–Kier alpha value is -4.00. The lowest BCUT2D eigenvalue weighted by molar-refractivity contribution is -0.163. The van der Waals surface area contributed by atoms with Crippen molar-refractivity contribution >= 4 is 44.5 Å². The van der Waals surface area contributed by atoms with Gasteiger partial charge in [-0.2, -0.15) is 4.31 Å². The quantitative estimate of drug-likeness (QED) is 0.0612. The van der Waals surface area contributed by atoms with Gasteiger partial charge in [-0.3, -0.25) is 32.8 Å². The van der Waals surface area contributed by atoms with Gasteiger partial charge in [0.25, 0.3) is 5.56 Å². The van der Waals surface area contributed by atoms with Gasteiger partial charge in [0.15, 0.2) is 5.58 Å². The highest BCUT2D eigenvalue weighted by Gasteiger charge is 2.47. The summed E-state index contributed by atoms with van der Waals surface area (Å²) >= 11 is 0. The summed E-state index contributed by atoms with van der Waals surface area (Å²) < 4.78 is 83.7. The molecule has 4 rings (SSSR count). The van der Waals surface area contributed by atoms with Crippen LogP contribution in [-0.4, -0.2) is 65.3 Å². The summed E-state index contributed by atoms with van der Waals surface area (Å²) in [7, 11) is -10.4. The Labute approximate surface area is 340 Å². The number of aromatic nitrogens is 3. The zero-order valence-corrected chi connectivity index (χ0v) is 36.8. The highest BCUT2D eigenvalue weighted by molar-refractivity contribution is 7.62. The van der Waals surface area contributed by atoms with Crippen molar-refractivity contribution in [1.82, 2.24) is 14.3 Å². The molecule has 0 aliphatic carbocycles. The van der Waals surface area contributed by atoms with E-state index in [0.29, 0.717) is 16.7 Å². The van der Waals surface area contributed by atoms with Crippen LogP contribution in [0, 0.1) is 21.7 Å². The van der Waals surface area contributed by atoms with Crippen LogP contribution in [0.15, 0.2) is 50.6 Å². The lowest BCUT2D eigenvalue weighted by Crippen LogP contribution is -2.40. The molecule has 2 aromatic heterocycles. The normalized spacial score (nSPS) is 18.4. The maximum atomic E-state index is 14.3. The molecule has 1 saturated heterocycles. The molecule has 0 saturated carbocycles. The highest BCUT2D eigenvalue weighted by atomic mass is 31.3. The fourth-order valence-electron chi connectivity index (χ4n) is 5.06. The van der Waals surface area contributed by atoms with Gasteiger partial charge in [0.1, 0.15) is 11.9 Å². The Morgan fingerprint density at radius 3 is 1.78 bits per heavy atom. The standard InChI is InChI=1S/C37H53N3O17P2/c1-34(2,3)30(42)48-21-52-58(46,57-59(47,53-22-49-31(43)35(4,5)6)54-23-50-32(44)36(7,8)9)51-20-27-37(10,11)18-29(55-27)39-17-16-28(41)40(33(39)45)19-25-24-14-12-13-15-26(24)56-38-25/h12-17,27,29H,18-23H2,1-11H3/t27-,29-,58?/m1/s1. The molecular formula is C37H53N3O17P2. The van der Waals surface area contributed by atoms with Crippen LogP contribution in [0.5, 0.6) is 0 Å².